The molecule has 154 valence electrons. The van der Waals surface area contributed by atoms with Crippen molar-refractivity contribution in [1.29, 1.82) is 0 Å². The number of rotatable bonds is 6. The second kappa shape index (κ2) is 9.05. The highest BCUT2D eigenvalue weighted by molar-refractivity contribution is 5.94. The summed E-state index contributed by atoms with van der Waals surface area (Å²) in [6.45, 7) is 4.02. The van der Waals surface area contributed by atoms with Crippen LogP contribution in [0.5, 0.6) is 0 Å². The number of aliphatic hydroxyl groups is 1. The highest BCUT2D eigenvalue weighted by atomic mass is 16.3. The van der Waals surface area contributed by atoms with Crippen LogP contribution in [0.2, 0.25) is 0 Å². The molecule has 2 aromatic rings. The van der Waals surface area contributed by atoms with Gasteiger partial charge in [-0.2, -0.15) is 0 Å². The first kappa shape index (κ1) is 20.8. The number of aromatic nitrogens is 1. The molecule has 3 amide bonds. The lowest BCUT2D eigenvalue weighted by Gasteiger charge is -2.55. The minimum absolute atomic E-state index is 0.0190. The maximum atomic E-state index is 12.8. The van der Waals surface area contributed by atoms with E-state index in [-0.39, 0.29) is 42.6 Å². The molecule has 3 rings (SSSR count). The van der Waals surface area contributed by atoms with E-state index in [1.807, 2.05) is 44.2 Å². The second-order valence-electron chi connectivity index (χ2n) is 7.69. The van der Waals surface area contributed by atoms with Gasteiger partial charge < -0.3 is 20.2 Å². The third-order valence-electron chi connectivity index (χ3n) is 5.30. The maximum absolute atomic E-state index is 12.8. The molecule has 1 saturated heterocycles. The Morgan fingerprint density at radius 2 is 1.79 bits per heavy atom. The van der Waals surface area contributed by atoms with Crippen LogP contribution in [0.25, 0.3) is 0 Å². The van der Waals surface area contributed by atoms with Gasteiger partial charge in [0.2, 0.25) is 0 Å². The summed E-state index contributed by atoms with van der Waals surface area (Å²) in [5.74, 6) is -0.178. The van der Waals surface area contributed by atoms with Crippen LogP contribution in [-0.2, 0) is 0 Å². The molecule has 1 aliphatic rings. The molecule has 1 aromatic heterocycles. The fourth-order valence-electron chi connectivity index (χ4n) is 3.97. The summed E-state index contributed by atoms with van der Waals surface area (Å²) < 4.78 is 0. The number of pyridine rings is 1. The van der Waals surface area contributed by atoms with E-state index in [9.17, 15) is 14.7 Å². The van der Waals surface area contributed by atoms with Gasteiger partial charge in [0.25, 0.3) is 5.91 Å². The number of nitrogens with zero attached hydrogens (tertiary/aromatic N) is 3. The van der Waals surface area contributed by atoms with E-state index in [0.717, 1.165) is 5.56 Å². The predicted molar refractivity (Wildman–Crippen MR) is 111 cm³/mol. The summed E-state index contributed by atoms with van der Waals surface area (Å²) in [4.78, 5) is 32.9. The van der Waals surface area contributed by atoms with E-state index in [0.29, 0.717) is 12.1 Å². The fraction of sp³-hybridized carbons (Fsp3) is 0.409. The third-order valence-corrected chi connectivity index (χ3v) is 5.30. The van der Waals surface area contributed by atoms with Gasteiger partial charge in [0.05, 0.1) is 18.7 Å². The van der Waals surface area contributed by atoms with Crippen molar-refractivity contribution in [2.24, 2.45) is 0 Å². The Kier molecular flexibility index (Phi) is 6.49. The van der Waals surface area contributed by atoms with Crippen molar-refractivity contribution in [2.75, 3.05) is 20.2 Å². The molecular weight excluding hydrogens is 368 g/mol. The van der Waals surface area contributed by atoms with Crippen LogP contribution in [0.15, 0.2) is 54.9 Å². The number of benzene rings is 1. The average Bonchev–Trinajstić information content (AvgIpc) is 2.71. The van der Waals surface area contributed by atoms with Gasteiger partial charge in [-0.25, -0.2) is 4.79 Å². The van der Waals surface area contributed by atoms with E-state index in [2.05, 4.69) is 10.3 Å². The minimum Gasteiger partial charge on any atom is -0.394 e. The Morgan fingerprint density at radius 1 is 1.14 bits per heavy atom. The molecule has 7 nitrogen and oxygen atoms in total. The van der Waals surface area contributed by atoms with E-state index < -0.39 is 0 Å². The number of hydrogen-bond acceptors (Lipinski definition) is 4. The van der Waals surface area contributed by atoms with Gasteiger partial charge in [-0.15, -0.1) is 0 Å². The van der Waals surface area contributed by atoms with Gasteiger partial charge in [0, 0.05) is 43.5 Å². The summed E-state index contributed by atoms with van der Waals surface area (Å²) in [6, 6.07) is 12.4. The van der Waals surface area contributed by atoms with Crippen molar-refractivity contribution in [3.63, 3.8) is 0 Å². The molecule has 0 bridgehead atoms. The third kappa shape index (κ3) is 4.40. The number of likely N-dealkylation sites (tertiary alicyclic amines) is 1. The van der Waals surface area contributed by atoms with E-state index >= 15 is 0 Å². The molecule has 3 atom stereocenters. The molecule has 1 aliphatic heterocycles. The number of nitrogens with one attached hydrogen (secondary N) is 1. The number of amides is 3. The van der Waals surface area contributed by atoms with Crippen LogP contribution < -0.4 is 5.32 Å². The lowest BCUT2D eigenvalue weighted by Crippen LogP contribution is -2.70. The molecule has 7 heteroatoms. The average molecular weight is 396 g/mol. The number of hydrogen-bond donors (Lipinski definition) is 2. The van der Waals surface area contributed by atoms with Crippen LogP contribution in [0.1, 0.15) is 35.7 Å². The summed E-state index contributed by atoms with van der Waals surface area (Å²) >= 11 is 0. The molecular formula is C22H28N4O3. The van der Waals surface area contributed by atoms with Crippen LogP contribution in [0.4, 0.5) is 4.79 Å². The molecule has 2 heterocycles. The molecule has 0 aliphatic carbocycles. The van der Waals surface area contributed by atoms with Gasteiger partial charge in [0.1, 0.15) is 0 Å². The van der Waals surface area contributed by atoms with Crippen molar-refractivity contribution in [3.8, 4) is 0 Å². The Labute approximate surface area is 171 Å². The first-order valence-corrected chi connectivity index (χ1v) is 9.84. The second-order valence-corrected chi connectivity index (χ2v) is 7.69. The van der Waals surface area contributed by atoms with Gasteiger partial charge in [0.15, 0.2) is 0 Å². The Hall–Kier alpha value is -2.93. The Balaban J connectivity index is 1.85. The summed E-state index contributed by atoms with van der Waals surface area (Å²) in [7, 11) is 1.73. The maximum Gasteiger partial charge on any atom is 0.318 e. The predicted octanol–water partition coefficient (Wildman–Crippen LogP) is 2.10. The minimum atomic E-state index is -0.328. The van der Waals surface area contributed by atoms with Gasteiger partial charge >= 0.3 is 6.03 Å². The molecule has 1 fully saturated rings. The van der Waals surface area contributed by atoms with Crippen LogP contribution >= 0.6 is 0 Å². The van der Waals surface area contributed by atoms with Crippen LogP contribution in [0.3, 0.4) is 0 Å². The smallest absolute Gasteiger partial charge is 0.318 e. The molecule has 0 saturated carbocycles. The van der Waals surface area contributed by atoms with E-state index in [1.165, 1.54) is 0 Å². The zero-order valence-corrected chi connectivity index (χ0v) is 17.0. The largest absolute Gasteiger partial charge is 0.394 e. The van der Waals surface area contributed by atoms with E-state index in [4.69, 9.17) is 0 Å². The topological polar surface area (TPSA) is 85.8 Å². The number of carbonyl (C=O) groups excluding carboxylic acids is 2. The van der Waals surface area contributed by atoms with Crippen LogP contribution in [0, 0.1) is 0 Å². The van der Waals surface area contributed by atoms with Crippen molar-refractivity contribution >= 4 is 11.9 Å². The van der Waals surface area contributed by atoms with Crippen molar-refractivity contribution in [1.82, 2.24) is 20.1 Å². The first-order chi connectivity index (χ1) is 13.9. The zero-order chi connectivity index (χ0) is 21.0. The van der Waals surface area contributed by atoms with E-state index in [1.54, 1.807) is 41.4 Å². The zero-order valence-electron chi connectivity index (χ0n) is 17.0. The number of carbonyl (C=O) groups is 2. The lowest BCUT2D eigenvalue weighted by atomic mass is 9.75. The van der Waals surface area contributed by atoms with Crippen molar-refractivity contribution in [3.05, 3.63) is 66.0 Å². The Morgan fingerprint density at radius 3 is 2.38 bits per heavy atom. The molecule has 0 spiro atoms. The fourth-order valence-corrected chi connectivity index (χ4v) is 3.97. The molecule has 0 radical (unpaired) electrons. The van der Waals surface area contributed by atoms with Gasteiger partial charge in [-0.1, -0.05) is 30.3 Å². The Bertz CT molecular complexity index is 828. The van der Waals surface area contributed by atoms with Crippen LogP contribution in [-0.4, -0.2) is 70.2 Å². The first-order valence-electron chi connectivity index (χ1n) is 9.84. The summed E-state index contributed by atoms with van der Waals surface area (Å²) in [5, 5.41) is 12.9. The van der Waals surface area contributed by atoms with Crippen molar-refractivity contribution in [2.45, 2.75) is 37.9 Å². The molecule has 1 aromatic carbocycles. The van der Waals surface area contributed by atoms with Crippen molar-refractivity contribution < 1.29 is 14.7 Å². The summed E-state index contributed by atoms with van der Waals surface area (Å²) in [5.41, 5.74) is 1.60. The lowest BCUT2D eigenvalue weighted by molar-refractivity contribution is -0.0190. The quantitative estimate of drug-likeness (QED) is 0.783. The normalized spacial score (nSPS) is 20.9. The molecule has 29 heavy (non-hydrogen) atoms. The standard InChI is InChI=1S/C22H28N4O3/c1-15(2)24-22(29)26-18(13-25(3)21(28)17-9-11-23-12-10-17)20(19(26)14-27)16-7-5-4-6-8-16/h4-12,15,18-20,27H,13-14H2,1-3H3,(H,24,29)/t18-,19+,20-/m1/s1. The van der Waals surface area contributed by atoms with Gasteiger partial charge in [-0.3, -0.25) is 9.78 Å². The summed E-state index contributed by atoms with van der Waals surface area (Å²) in [6.07, 6.45) is 3.17. The highest BCUT2D eigenvalue weighted by Crippen LogP contribution is 2.41. The molecule has 2 N–H and O–H groups in total. The monoisotopic (exact) mass is 396 g/mol. The number of urea groups is 1. The SMILES string of the molecule is CC(C)NC(=O)N1[C@H](CN(C)C(=O)c2ccncc2)[C@@H](c2ccccc2)[C@@H]1CO. The molecule has 0 unspecified atom stereocenters. The highest BCUT2D eigenvalue weighted by Gasteiger charge is 2.51. The number of likely N-dealkylation sites (N-methyl/N-ethyl adjacent to an activating group) is 1. The number of aliphatic hydroxyl groups excluding tert-OH is 1. The van der Waals surface area contributed by atoms with Gasteiger partial charge in [-0.05, 0) is 31.5 Å².